The Morgan fingerprint density at radius 2 is 1.71 bits per heavy atom. The lowest BCUT2D eigenvalue weighted by Crippen LogP contribution is -2.38. The highest BCUT2D eigenvalue weighted by atomic mass is 16.2. The summed E-state index contributed by atoms with van der Waals surface area (Å²) in [7, 11) is 0. The fraction of sp³-hybridized carbons (Fsp3) is 0.455. The van der Waals surface area contributed by atoms with Gasteiger partial charge in [-0.2, -0.15) is 10.4 Å². The Kier molecular flexibility index (Phi) is 6.74. The highest BCUT2D eigenvalue weighted by molar-refractivity contribution is 5.76. The van der Waals surface area contributed by atoms with Gasteiger partial charge in [0.15, 0.2) is 0 Å². The molecule has 0 aliphatic rings. The minimum Gasteiger partial charge on any atom is -0.347 e. The molecular formula is C22H28N4O2. The van der Waals surface area contributed by atoms with Crippen LogP contribution in [0.1, 0.15) is 67.6 Å². The van der Waals surface area contributed by atoms with Crippen molar-refractivity contribution in [1.29, 1.82) is 5.26 Å². The van der Waals surface area contributed by atoms with Gasteiger partial charge in [0, 0.05) is 0 Å². The Bertz CT molecular complexity index is 950. The number of nitrogens with zero attached hydrogens (tertiary/aromatic N) is 3. The van der Waals surface area contributed by atoms with Gasteiger partial charge in [0.05, 0.1) is 11.7 Å². The standard InChI is InChI=1S/C22H28N4O2/c1-13(2)17-7-9-18(10-8-17)21(14(3)4)24-20(27)12-26-22(28)19(11-23)15(5)16(6)25-26/h7-10,13-14,21H,12H2,1-6H3,(H,24,27)/t21-/m0/s1. The molecular weight excluding hydrogens is 352 g/mol. The van der Waals surface area contributed by atoms with Gasteiger partial charge < -0.3 is 5.32 Å². The van der Waals surface area contributed by atoms with E-state index in [1.54, 1.807) is 13.8 Å². The zero-order valence-corrected chi connectivity index (χ0v) is 17.4. The van der Waals surface area contributed by atoms with E-state index in [1.165, 1.54) is 5.56 Å². The van der Waals surface area contributed by atoms with Crippen LogP contribution < -0.4 is 10.9 Å². The molecule has 0 saturated heterocycles. The Morgan fingerprint density at radius 3 is 2.21 bits per heavy atom. The van der Waals surface area contributed by atoms with Gasteiger partial charge >= 0.3 is 0 Å². The number of carbonyl (C=O) groups is 1. The van der Waals surface area contributed by atoms with Crippen molar-refractivity contribution in [3.05, 3.63) is 62.6 Å². The van der Waals surface area contributed by atoms with Gasteiger partial charge in [-0.3, -0.25) is 9.59 Å². The van der Waals surface area contributed by atoms with Crippen LogP contribution in [-0.2, 0) is 11.3 Å². The van der Waals surface area contributed by atoms with Crippen LogP contribution in [0.5, 0.6) is 0 Å². The minimum atomic E-state index is -0.539. The Morgan fingerprint density at radius 1 is 1.14 bits per heavy atom. The SMILES string of the molecule is Cc1nn(CC(=O)N[C@H](c2ccc(C(C)C)cc2)C(C)C)c(=O)c(C#N)c1C. The van der Waals surface area contributed by atoms with Gasteiger partial charge in [-0.15, -0.1) is 0 Å². The fourth-order valence-electron chi connectivity index (χ4n) is 3.09. The van der Waals surface area contributed by atoms with Crippen LogP contribution in [0.3, 0.4) is 0 Å². The third-order valence-electron chi connectivity index (χ3n) is 4.99. The lowest BCUT2D eigenvalue weighted by atomic mass is 9.93. The molecule has 2 aromatic rings. The predicted octanol–water partition coefficient (Wildman–Crippen LogP) is 3.37. The largest absolute Gasteiger partial charge is 0.347 e. The average molecular weight is 380 g/mol. The molecule has 0 fully saturated rings. The number of nitriles is 1. The smallest absolute Gasteiger partial charge is 0.285 e. The van der Waals surface area contributed by atoms with E-state index in [0.717, 1.165) is 10.2 Å². The molecule has 0 aliphatic heterocycles. The number of benzene rings is 1. The molecule has 0 aliphatic carbocycles. The first-order chi connectivity index (χ1) is 13.1. The van der Waals surface area contributed by atoms with Gasteiger partial charge in [-0.25, -0.2) is 4.68 Å². The molecule has 0 spiro atoms. The molecule has 1 heterocycles. The maximum atomic E-state index is 12.6. The van der Waals surface area contributed by atoms with Crippen LogP contribution >= 0.6 is 0 Å². The molecule has 1 N–H and O–H groups in total. The molecule has 28 heavy (non-hydrogen) atoms. The summed E-state index contributed by atoms with van der Waals surface area (Å²) < 4.78 is 1.06. The minimum absolute atomic E-state index is 0.0324. The number of hydrogen-bond donors (Lipinski definition) is 1. The Hall–Kier alpha value is -2.94. The summed E-state index contributed by atoms with van der Waals surface area (Å²) in [5, 5.41) is 16.4. The maximum absolute atomic E-state index is 12.6. The summed E-state index contributed by atoms with van der Waals surface area (Å²) in [5.41, 5.74) is 2.87. The first-order valence-corrected chi connectivity index (χ1v) is 9.53. The van der Waals surface area contributed by atoms with Crippen molar-refractivity contribution in [3.8, 4) is 6.07 Å². The summed E-state index contributed by atoms with van der Waals surface area (Å²) in [5.74, 6) is 0.305. The topological polar surface area (TPSA) is 87.8 Å². The lowest BCUT2D eigenvalue weighted by molar-refractivity contribution is -0.123. The molecule has 2 rings (SSSR count). The molecule has 0 saturated carbocycles. The zero-order valence-electron chi connectivity index (χ0n) is 17.4. The van der Waals surface area contributed by atoms with Crippen molar-refractivity contribution < 1.29 is 4.79 Å². The second kappa shape index (κ2) is 8.83. The van der Waals surface area contributed by atoms with Crippen molar-refractivity contribution in [2.24, 2.45) is 5.92 Å². The van der Waals surface area contributed by atoms with E-state index in [1.807, 2.05) is 32.0 Å². The maximum Gasteiger partial charge on any atom is 0.285 e. The van der Waals surface area contributed by atoms with E-state index in [0.29, 0.717) is 17.2 Å². The third kappa shape index (κ3) is 4.66. The van der Waals surface area contributed by atoms with Crippen LogP contribution in [0.4, 0.5) is 0 Å². The van der Waals surface area contributed by atoms with Gasteiger partial charge in [0.25, 0.3) is 5.56 Å². The van der Waals surface area contributed by atoms with Gasteiger partial charge in [0.2, 0.25) is 5.91 Å². The van der Waals surface area contributed by atoms with Crippen molar-refractivity contribution >= 4 is 5.91 Å². The quantitative estimate of drug-likeness (QED) is 0.832. The lowest BCUT2D eigenvalue weighted by Gasteiger charge is -2.23. The van der Waals surface area contributed by atoms with E-state index in [-0.39, 0.29) is 30.0 Å². The average Bonchev–Trinajstić information content (AvgIpc) is 2.64. The van der Waals surface area contributed by atoms with Crippen molar-refractivity contribution in [3.63, 3.8) is 0 Å². The van der Waals surface area contributed by atoms with Crippen molar-refractivity contribution in [2.45, 2.75) is 60.0 Å². The number of amides is 1. The van der Waals surface area contributed by atoms with E-state index < -0.39 is 5.56 Å². The van der Waals surface area contributed by atoms with Crippen LogP contribution in [0.2, 0.25) is 0 Å². The van der Waals surface area contributed by atoms with Crippen LogP contribution in [0, 0.1) is 31.1 Å². The molecule has 0 bridgehead atoms. The molecule has 1 atom stereocenters. The van der Waals surface area contributed by atoms with Crippen molar-refractivity contribution in [2.75, 3.05) is 0 Å². The van der Waals surface area contributed by atoms with E-state index >= 15 is 0 Å². The highest BCUT2D eigenvalue weighted by Crippen LogP contribution is 2.24. The molecule has 1 aromatic heterocycles. The molecule has 0 unspecified atom stereocenters. The molecule has 6 nitrogen and oxygen atoms in total. The predicted molar refractivity (Wildman–Crippen MR) is 109 cm³/mol. The summed E-state index contributed by atoms with van der Waals surface area (Å²) >= 11 is 0. The number of carbonyl (C=O) groups excluding carboxylic acids is 1. The Labute approximate surface area is 166 Å². The second-order valence-electron chi connectivity index (χ2n) is 7.77. The zero-order chi connectivity index (χ0) is 21.0. The molecule has 6 heteroatoms. The monoisotopic (exact) mass is 380 g/mol. The van der Waals surface area contributed by atoms with Gasteiger partial charge in [-0.1, -0.05) is 52.0 Å². The van der Waals surface area contributed by atoms with Crippen molar-refractivity contribution in [1.82, 2.24) is 15.1 Å². The first kappa shape index (κ1) is 21.4. The number of aryl methyl sites for hydroxylation is 1. The molecule has 0 radical (unpaired) electrons. The third-order valence-corrected chi connectivity index (χ3v) is 4.99. The van der Waals surface area contributed by atoms with Crippen LogP contribution in [-0.4, -0.2) is 15.7 Å². The fourth-order valence-corrected chi connectivity index (χ4v) is 3.09. The van der Waals surface area contributed by atoms with Crippen LogP contribution in [0.15, 0.2) is 29.1 Å². The Balaban J connectivity index is 2.23. The number of aromatic nitrogens is 2. The second-order valence-corrected chi connectivity index (χ2v) is 7.77. The van der Waals surface area contributed by atoms with Crippen LogP contribution in [0.25, 0.3) is 0 Å². The summed E-state index contributed by atoms with van der Waals surface area (Å²) in [6.07, 6.45) is 0. The summed E-state index contributed by atoms with van der Waals surface area (Å²) in [6, 6.07) is 9.97. The molecule has 1 aromatic carbocycles. The normalized spacial score (nSPS) is 12.1. The van der Waals surface area contributed by atoms with Gasteiger partial charge in [0.1, 0.15) is 18.2 Å². The number of rotatable bonds is 6. The first-order valence-electron chi connectivity index (χ1n) is 9.53. The highest BCUT2D eigenvalue weighted by Gasteiger charge is 2.20. The van der Waals surface area contributed by atoms with E-state index in [2.05, 4.69) is 36.4 Å². The summed E-state index contributed by atoms with van der Waals surface area (Å²) in [6.45, 7) is 11.5. The molecule has 1 amide bonds. The number of nitrogens with one attached hydrogen (secondary N) is 1. The van der Waals surface area contributed by atoms with Gasteiger partial charge in [-0.05, 0) is 42.4 Å². The van der Waals surface area contributed by atoms with E-state index in [9.17, 15) is 14.9 Å². The number of hydrogen-bond acceptors (Lipinski definition) is 4. The summed E-state index contributed by atoms with van der Waals surface area (Å²) in [4.78, 5) is 25.0. The van der Waals surface area contributed by atoms with E-state index in [4.69, 9.17) is 0 Å². The molecule has 148 valence electrons.